The van der Waals surface area contributed by atoms with Gasteiger partial charge in [-0.25, -0.2) is 4.98 Å². The van der Waals surface area contributed by atoms with Crippen LogP contribution in [0.2, 0.25) is 5.02 Å². The van der Waals surface area contributed by atoms with Crippen molar-refractivity contribution in [3.05, 3.63) is 41.3 Å². The number of halogens is 1. The quantitative estimate of drug-likeness (QED) is 0.748. The molecule has 0 atom stereocenters. The summed E-state index contributed by atoms with van der Waals surface area (Å²) in [5.74, 6) is -0.0873. The predicted octanol–water partition coefficient (Wildman–Crippen LogP) is 2.39. The van der Waals surface area contributed by atoms with Gasteiger partial charge in [-0.2, -0.15) is 5.10 Å². The van der Waals surface area contributed by atoms with E-state index in [1.807, 2.05) is 12.1 Å². The maximum atomic E-state index is 11.1. The normalized spacial score (nSPS) is 10.1. The van der Waals surface area contributed by atoms with Gasteiger partial charge in [0, 0.05) is 17.5 Å². The maximum Gasteiger partial charge on any atom is 0.218 e. The zero-order chi connectivity index (χ0) is 11.5. The average molecular weight is 234 g/mol. The first-order valence-corrected chi connectivity index (χ1v) is 5.01. The first kappa shape index (κ1) is 10.7. The van der Waals surface area contributed by atoms with Gasteiger partial charge in [0.15, 0.2) is 5.78 Å². The number of Topliss-reactive ketones (excluding diaryl/α,β-unsaturated/α-hetero) is 1. The second-order valence-corrected chi connectivity index (χ2v) is 3.66. The van der Waals surface area contributed by atoms with Crippen LogP contribution in [0, 0.1) is 0 Å². The highest BCUT2D eigenvalue weighted by molar-refractivity contribution is 6.30. The Labute approximate surface area is 97.3 Å². The lowest BCUT2D eigenvalue weighted by molar-refractivity contribution is 0.100. The Hall–Kier alpha value is -1.81. The molecule has 0 spiro atoms. The Kier molecular flexibility index (Phi) is 2.92. The van der Waals surface area contributed by atoms with Gasteiger partial charge in [-0.05, 0) is 12.1 Å². The van der Waals surface area contributed by atoms with E-state index in [4.69, 9.17) is 11.6 Å². The lowest BCUT2D eigenvalue weighted by Crippen LogP contribution is -2.03. The van der Waals surface area contributed by atoms with Crippen molar-refractivity contribution in [2.24, 2.45) is 0 Å². The Morgan fingerprint density at radius 1 is 1.25 bits per heavy atom. The van der Waals surface area contributed by atoms with Crippen LogP contribution >= 0.6 is 11.6 Å². The largest absolute Gasteiger partial charge is 0.291 e. The van der Waals surface area contributed by atoms with Crippen LogP contribution in [-0.2, 0) is 0 Å². The summed E-state index contributed by atoms with van der Waals surface area (Å²) in [6, 6.07) is 7.14. The van der Waals surface area contributed by atoms with Crippen molar-refractivity contribution >= 4 is 17.4 Å². The third kappa shape index (κ3) is 2.23. The number of nitrogens with zero attached hydrogens (tertiary/aromatic N) is 3. The number of rotatable bonds is 2. The summed E-state index contributed by atoms with van der Waals surface area (Å²) in [4.78, 5) is 15.2. The molecule has 0 aliphatic carbocycles. The van der Waals surface area contributed by atoms with Crippen LogP contribution in [0.3, 0.4) is 0 Å². The van der Waals surface area contributed by atoms with Crippen LogP contribution in [-0.4, -0.2) is 21.0 Å². The number of carbonyl (C=O) groups is 1. The van der Waals surface area contributed by atoms with E-state index < -0.39 is 0 Å². The van der Waals surface area contributed by atoms with E-state index in [0.29, 0.717) is 10.7 Å². The lowest BCUT2D eigenvalue weighted by atomic mass is 10.2. The molecule has 80 valence electrons. The van der Waals surface area contributed by atoms with E-state index in [2.05, 4.69) is 15.2 Å². The minimum Gasteiger partial charge on any atom is -0.291 e. The van der Waals surface area contributed by atoms with Crippen molar-refractivity contribution in [1.29, 1.82) is 0 Å². The standard InChI is InChI=1S/C11H8ClN3O/c1-7(16)11-14-10(6-13-15-11)8-2-4-9(12)5-3-8/h2-6H,1H3. The van der Waals surface area contributed by atoms with E-state index >= 15 is 0 Å². The highest BCUT2D eigenvalue weighted by Gasteiger charge is 2.06. The summed E-state index contributed by atoms with van der Waals surface area (Å²) < 4.78 is 0. The van der Waals surface area contributed by atoms with Crippen molar-refractivity contribution in [3.63, 3.8) is 0 Å². The van der Waals surface area contributed by atoms with Crippen molar-refractivity contribution in [2.45, 2.75) is 6.92 Å². The molecule has 1 heterocycles. The molecule has 0 saturated carbocycles. The average Bonchev–Trinajstić information content (AvgIpc) is 2.30. The molecule has 4 nitrogen and oxygen atoms in total. The summed E-state index contributed by atoms with van der Waals surface area (Å²) in [7, 11) is 0. The van der Waals surface area contributed by atoms with Gasteiger partial charge in [0.2, 0.25) is 5.82 Å². The molecular formula is C11H8ClN3O. The fraction of sp³-hybridized carbons (Fsp3) is 0.0909. The zero-order valence-electron chi connectivity index (χ0n) is 8.51. The van der Waals surface area contributed by atoms with E-state index in [1.165, 1.54) is 13.1 Å². The van der Waals surface area contributed by atoms with Crippen molar-refractivity contribution in [3.8, 4) is 11.3 Å². The third-order valence-electron chi connectivity index (χ3n) is 2.01. The molecular weight excluding hydrogens is 226 g/mol. The van der Waals surface area contributed by atoms with Gasteiger partial charge >= 0.3 is 0 Å². The minimum absolute atomic E-state index is 0.118. The molecule has 0 amide bonds. The van der Waals surface area contributed by atoms with Gasteiger partial charge in [0.05, 0.1) is 11.9 Å². The first-order valence-electron chi connectivity index (χ1n) is 4.63. The molecule has 0 radical (unpaired) electrons. The molecule has 2 aromatic rings. The number of aromatic nitrogens is 3. The van der Waals surface area contributed by atoms with Crippen LogP contribution in [0.5, 0.6) is 0 Å². The topological polar surface area (TPSA) is 55.7 Å². The minimum atomic E-state index is -0.205. The van der Waals surface area contributed by atoms with Gasteiger partial charge in [0.1, 0.15) is 0 Å². The van der Waals surface area contributed by atoms with E-state index in [-0.39, 0.29) is 11.6 Å². The van der Waals surface area contributed by atoms with Crippen LogP contribution in [0.1, 0.15) is 17.5 Å². The molecule has 0 N–H and O–H groups in total. The van der Waals surface area contributed by atoms with Gasteiger partial charge in [0.25, 0.3) is 0 Å². The second kappa shape index (κ2) is 4.37. The molecule has 0 saturated heterocycles. The molecule has 1 aromatic heterocycles. The Bertz CT molecular complexity index is 525. The number of hydrogen-bond donors (Lipinski definition) is 0. The summed E-state index contributed by atoms with van der Waals surface area (Å²) in [6.07, 6.45) is 1.51. The summed E-state index contributed by atoms with van der Waals surface area (Å²) >= 11 is 5.78. The molecule has 0 unspecified atom stereocenters. The Balaban J connectivity index is 2.44. The SMILES string of the molecule is CC(=O)c1nncc(-c2ccc(Cl)cc2)n1. The predicted molar refractivity (Wildman–Crippen MR) is 60.3 cm³/mol. The molecule has 0 aliphatic heterocycles. The maximum absolute atomic E-state index is 11.1. The van der Waals surface area contributed by atoms with Gasteiger partial charge in [-0.15, -0.1) is 5.10 Å². The molecule has 0 fully saturated rings. The third-order valence-corrected chi connectivity index (χ3v) is 2.27. The van der Waals surface area contributed by atoms with E-state index in [0.717, 1.165) is 5.56 Å². The fourth-order valence-corrected chi connectivity index (χ4v) is 1.34. The first-order chi connectivity index (χ1) is 7.66. The van der Waals surface area contributed by atoms with Crippen molar-refractivity contribution < 1.29 is 4.79 Å². The number of ketones is 1. The second-order valence-electron chi connectivity index (χ2n) is 3.23. The van der Waals surface area contributed by atoms with Crippen LogP contribution in [0.25, 0.3) is 11.3 Å². The fourth-order valence-electron chi connectivity index (χ4n) is 1.21. The Morgan fingerprint density at radius 3 is 2.56 bits per heavy atom. The van der Waals surface area contributed by atoms with Crippen LogP contribution < -0.4 is 0 Å². The number of carbonyl (C=O) groups excluding carboxylic acids is 1. The summed E-state index contributed by atoms with van der Waals surface area (Å²) in [5.41, 5.74) is 1.46. The summed E-state index contributed by atoms with van der Waals surface area (Å²) in [6.45, 7) is 1.41. The molecule has 0 aliphatic rings. The van der Waals surface area contributed by atoms with E-state index in [1.54, 1.807) is 12.1 Å². The molecule has 2 rings (SSSR count). The molecule has 1 aromatic carbocycles. The van der Waals surface area contributed by atoms with Crippen LogP contribution in [0.15, 0.2) is 30.5 Å². The monoisotopic (exact) mass is 233 g/mol. The highest BCUT2D eigenvalue weighted by Crippen LogP contribution is 2.18. The Morgan fingerprint density at radius 2 is 1.94 bits per heavy atom. The smallest absolute Gasteiger partial charge is 0.218 e. The highest BCUT2D eigenvalue weighted by atomic mass is 35.5. The van der Waals surface area contributed by atoms with E-state index in [9.17, 15) is 4.79 Å². The number of hydrogen-bond acceptors (Lipinski definition) is 4. The van der Waals surface area contributed by atoms with Crippen LogP contribution in [0.4, 0.5) is 0 Å². The van der Waals surface area contributed by atoms with Gasteiger partial charge in [-0.1, -0.05) is 23.7 Å². The molecule has 5 heteroatoms. The zero-order valence-corrected chi connectivity index (χ0v) is 9.27. The van der Waals surface area contributed by atoms with Gasteiger partial charge < -0.3 is 0 Å². The van der Waals surface area contributed by atoms with Crippen molar-refractivity contribution in [2.75, 3.05) is 0 Å². The number of benzene rings is 1. The molecule has 0 bridgehead atoms. The van der Waals surface area contributed by atoms with Gasteiger partial charge in [-0.3, -0.25) is 4.79 Å². The molecule has 16 heavy (non-hydrogen) atoms. The summed E-state index contributed by atoms with van der Waals surface area (Å²) in [5, 5.41) is 8.03. The van der Waals surface area contributed by atoms with Crippen molar-refractivity contribution in [1.82, 2.24) is 15.2 Å². The lowest BCUT2D eigenvalue weighted by Gasteiger charge is -2.00.